The maximum absolute atomic E-state index is 4.65. The first-order chi connectivity index (χ1) is 9.83. The summed E-state index contributed by atoms with van der Waals surface area (Å²) in [6.45, 7) is 14.3. The third-order valence-corrected chi connectivity index (χ3v) is 4.32. The highest BCUT2D eigenvalue weighted by molar-refractivity contribution is 5.14. The lowest BCUT2D eigenvalue weighted by molar-refractivity contribution is 0.116. The topological polar surface area (TPSA) is 28.2 Å². The third-order valence-electron chi connectivity index (χ3n) is 4.32. The standard InChI is InChI=1S/C18H31N3/c1-14-6-7-15(2)21(12-14)13-17-9-8-16(10-19-17)11-20-18(3,4)5/h8-10,14-15,20H,6-7,11-13H2,1-5H3. The highest BCUT2D eigenvalue weighted by Gasteiger charge is 2.22. The quantitative estimate of drug-likeness (QED) is 0.918. The summed E-state index contributed by atoms with van der Waals surface area (Å²) in [6.07, 6.45) is 4.70. The Bertz CT molecular complexity index is 433. The predicted molar refractivity (Wildman–Crippen MR) is 89.1 cm³/mol. The molecule has 0 spiro atoms. The van der Waals surface area contributed by atoms with Gasteiger partial charge in [-0.15, -0.1) is 0 Å². The van der Waals surface area contributed by atoms with Gasteiger partial charge < -0.3 is 5.32 Å². The van der Waals surface area contributed by atoms with E-state index < -0.39 is 0 Å². The largest absolute Gasteiger partial charge is 0.308 e. The molecule has 0 bridgehead atoms. The first kappa shape index (κ1) is 16.4. The zero-order valence-corrected chi connectivity index (χ0v) is 14.3. The van der Waals surface area contributed by atoms with Gasteiger partial charge in [0.1, 0.15) is 0 Å². The molecule has 0 saturated carbocycles. The van der Waals surface area contributed by atoms with Crippen molar-refractivity contribution >= 4 is 0 Å². The molecule has 1 aliphatic rings. The number of aromatic nitrogens is 1. The molecular weight excluding hydrogens is 258 g/mol. The van der Waals surface area contributed by atoms with Gasteiger partial charge in [-0.1, -0.05) is 13.0 Å². The van der Waals surface area contributed by atoms with E-state index in [0.29, 0.717) is 6.04 Å². The summed E-state index contributed by atoms with van der Waals surface area (Å²) in [5.74, 6) is 0.816. The monoisotopic (exact) mass is 289 g/mol. The molecular formula is C18H31N3. The Hall–Kier alpha value is -0.930. The van der Waals surface area contributed by atoms with Gasteiger partial charge >= 0.3 is 0 Å². The zero-order valence-electron chi connectivity index (χ0n) is 14.3. The van der Waals surface area contributed by atoms with Crippen molar-refractivity contribution in [1.82, 2.24) is 15.2 Å². The molecule has 2 atom stereocenters. The van der Waals surface area contributed by atoms with E-state index in [1.165, 1.54) is 30.6 Å². The maximum Gasteiger partial charge on any atom is 0.0544 e. The van der Waals surface area contributed by atoms with Crippen molar-refractivity contribution in [2.24, 2.45) is 5.92 Å². The highest BCUT2D eigenvalue weighted by Crippen LogP contribution is 2.22. The van der Waals surface area contributed by atoms with E-state index in [1.54, 1.807) is 0 Å². The Kier molecular flexibility index (Phi) is 5.39. The Balaban J connectivity index is 1.90. The lowest BCUT2D eigenvalue weighted by atomic mass is 9.95. The third kappa shape index (κ3) is 5.40. The van der Waals surface area contributed by atoms with E-state index in [0.717, 1.165) is 19.0 Å². The van der Waals surface area contributed by atoms with Crippen molar-refractivity contribution in [3.63, 3.8) is 0 Å². The summed E-state index contributed by atoms with van der Waals surface area (Å²) in [6, 6.07) is 5.08. The van der Waals surface area contributed by atoms with E-state index in [9.17, 15) is 0 Å². The number of hydrogen-bond acceptors (Lipinski definition) is 3. The van der Waals surface area contributed by atoms with Gasteiger partial charge in [0.15, 0.2) is 0 Å². The van der Waals surface area contributed by atoms with Crippen LogP contribution in [0.2, 0.25) is 0 Å². The minimum absolute atomic E-state index is 0.151. The first-order valence-corrected chi connectivity index (χ1v) is 8.26. The SMILES string of the molecule is CC1CCC(C)N(Cc2ccc(CNC(C)(C)C)cn2)C1. The molecule has 0 aromatic carbocycles. The molecule has 3 heteroatoms. The first-order valence-electron chi connectivity index (χ1n) is 8.26. The average molecular weight is 289 g/mol. The van der Waals surface area contributed by atoms with Crippen LogP contribution >= 0.6 is 0 Å². The molecule has 1 aliphatic heterocycles. The summed E-state index contributed by atoms with van der Waals surface area (Å²) in [5.41, 5.74) is 2.60. The molecule has 1 aromatic rings. The van der Waals surface area contributed by atoms with E-state index in [1.807, 2.05) is 6.20 Å². The van der Waals surface area contributed by atoms with Crippen molar-refractivity contribution in [1.29, 1.82) is 0 Å². The summed E-state index contributed by atoms with van der Waals surface area (Å²) in [4.78, 5) is 7.22. The Labute approximate surface area is 130 Å². The van der Waals surface area contributed by atoms with E-state index in [-0.39, 0.29) is 5.54 Å². The molecule has 118 valence electrons. The minimum atomic E-state index is 0.151. The van der Waals surface area contributed by atoms with Crippen LogP contribution in [-0.4, -0.2) is 28.0 Å². The van der Waals surface area contributed by atoms with Crippen LogP contribution in [0.1, 0.15) is 58.7 Å². The highest BCUT2D eigenvalue weighted by atomic mass is 15.2. The van der Waals surface area contributed by atoms with Gasteiger partial charge in [0.05, 0.1) is 5.69 Å². The van der Waals surface area contributed by atoms with E-state index >= 15 is 0 Å². The lowest BCUT2D eigenvalue weighted by Gasteiger charge is -2.36. The molecule has 2 rings (SSSR count). The van der Waals surface area contributed by atoms with Gasteiger partial charge in [0.2, 0.25) is 0 Å². The minimum Gasteiger partial charge on any atom is -0.308 e. The number of nitrogens with one attached hydrogen (secondary N) is 1. The fourth-order valence-corrected chi connectivity index (χ4v) is 2.83. The van der Waals surface area contributed by atoms with E-state index in [2.05, 4.69) is 62.0 Å². The number of piperidine rings is 1. The van der Waals surface area contributed by atoms with Crippen molar-refractivity contribution in [3.8, 4) is 0 Å². The zero-order chi connectivity index (χ0) is 15.5. The molecule has 1 saturated heterocycles. The van der Waals surface area contributed by atoms with Crippen molar-refractivity contribution in [2.45, 2.75) is 72.1 Å². The maximum atomic E-state index is 4.65. The van der Waals surface area contributed by atoms with Crippen LogP contribution in [0.25, 0.3) is 0 Å². The summed E-state index contributed by atoms with van der Waals surface area (Å²) < 4.78 is 0. The Morgan fingerprint density at radius 3 is 2.62 bits per heavy atom. The van der Waals surface area contributed by atoms with Crippen LogP contribution in [-0.2, 0) is 13.1 Å². The Morgan fingerprint density at radius 2 is 2.00 bits per heavy atom. The molecule has 1 N–H and O–H groups in total. The molecule has 1 fully saturated rings. The summed E-state index contributed by atoms with van der Waals surface area (Å²) >= 11 is 0. The van der Waals surface area contributed by atoms with Crippen molar-refractivity contribution < 1.29 is 0 Å². The summed E-state index contributed by atoms with van der Waals surface area (Å²) in [7, 11) is 0. The van der Waals surface area contributed by atoms with Gasteiger partial charge in [0.25, 0.3) is 0 Å². The van der Waals surface area contributed by atoms with Crippen LogP contribution in [0.15, 0.2) is 18.3 Å². The molecule has 0 radical (unpaired) electrons. The van der Waals surface area contributed by atoms with Crippen LogP contribution in [0.3, 0.4) is 0 Å². The molecule has 3 nitrogen and oxygen atoms in total. The van der Waals surface area contributed by atoms with Crippen LogP contribution < -0.4 is 5.32 Å². The van der Waals surface area contributed by atoms with Gasteiger partial charge in [-0.2, -0.15) is 0 Å². The number of nitrogens with zero attached hydrogens (tertiary/aromatic N) is 2. The van der Waals surface area contributed by atoms with Gasteiger partial charge in [-0.25, -0.2) is 0 Å². The fraction of sp³-hybridized carbons (Fsp3) is 0.722. The van der Waals surface area contributed by atoms with Gasteiger partial charge in [-0.3, -0.25) is 9.88 Å². The molecule has 0 aliphatic carbocycles. The second-order valence-corrected chi connectivity index (χ2v) is 7.72. The van der Waals surface area contributed by atoms with Gasteiger partial charge in [-0.05, 0) is 58.1 Å². The van der Waals surface area contributed by atoms with Crippen LogP contribution in [0, 0.1) is 5.92 Å². The molecule has 1 aromatic heterocycles. The number of pyridine rings is 1. The molecule has 0 amide bonds. The number of rotatable bonds is 4. The molecule has 21 heavy (non-hydrogen) atoms. The smallest absolute Gasteiger partial charge is 0.0544 e. The predicted octanol–water partition coefficient (Wildman–Crippen LogP) is 3.59. The summed E-state index contributed by atoms with van der Waals surface area (Å²) in [5, 5.41) is 3.50. The molecule has 2 unspecified atom stereocenters. The number of likely N-dealkylation sites (tertiary alicyclic amines) is 1. The van der Waals surface area contributed by atoms with E-state index in [4.69, 9.17) is 0 Å². The van der Waals surface area contributed by atoms with Crippen LogP contribution in [0.4, 0.5) is 0 Å². The van der Waals surface area contributed by atoms with Gasteiger partial charge in [0, 0.05) is 37.4 Å². The normalized spacial score (nSPS) is 24.2. The lowest BCUT2D eigenvalue weighted by Crippen LogP contribution is -2.40. The fourth-order valence-electron chi connectivity index (χ4n) is 2.83. The number of hydrogen-bond donors (Lipinski definition) is 1. The van der Waals surface area contributed by atoms with Crippen molar-refractivity contribution in [2.75, 3.05) is 6.54 Å². The average Bonchev–Trinajstić information content (AvgIpc) is 2.41. The Morgan fingerprint density at radius 1 is 1.24 bits per heavy atom. The molecule has 2 heterocycles. The van der Waals surface area contributed by atoms with Crippen LogP contribution in [0.5, 0.6) is 0 Å². The van der Waals surface area contributed by atoms with Crippen molar-refractivity contribution in [3.05, 3.63) is 29.6 Å². The second kappa shape index (κ2) is 6.89. The second-order valence-electron chi connectivity index (χ2n) is 7.72.